The highest BCUT2D eigenvalue weighted by atomic mass is 16.5. The molecule has 1 aromatic heterocycles. The Bertz CT molecular complexity index is 894. The van der Waals surface area contributed by atoms with Crippen LogP contribution in [0.15, 0.2) is 29.7 Å². The van der Waals surface area contributed by atoms with Gasteiger partial charge in [0.05, 0.1) is 33.0 Å². The monoisotopic (exact) mass is 388 g/mol. The first-order chi connectivity index (χ1) is 13.4. The standard InChI is InChI=1S/C19H24N4O5/c1-10(2)28-18(24)15-11(3)22-19-20-9-21-23(19)16(15)12-7-13(25-4)17(27-6)14(8-12)26-5/h7-10,16H,1-6H3,(H,20,21,22)/t16-/m1/s1. The second-order valence-corrected chi connectivity index (χ2v) is 6.51. The Morgan fingerprint density at radius 2 is 1.79 bits per heavy atom. The van der Waals surface area contributed by atoms with Crippen molar-refractivity contribution in [3.63, 3.8) is 0 Å². The van der Waals surface area contributed by atoms with Gasteiger partial charge >= 0.3 is 5.97 Å². The van der Waals surface area contributed by atoms with E-state index in [1.807, 2.05) is 0 Å². The van der Waals surface area contributed by atoms with Gasteiger partial charge in [0.15, 0.2) is 11.5 Å². The van der Waals surface area contributed by atoms with E-state index in [4.69, 9.17) is 18.9 Å². The largest absolute Gasteiger partial charge is 0.493 e. The van der Waals surface area contributed by atoms with Crippen LogP contribution < -0.4 is 19.5 Å². The smallest absolute Gasteiger partial charge is 0.338 e. The molecule has 28 heavy (non-hydrogen) atoms. The second kappa shape index (κ2) is 7.79. The molecule has 0 unspecified atom stereocenters. The first kappa shape index (κ1) is 19.5. The molecule has 0 fully saturated rings. The molecule has 2 heterocycles. The molecule has 3 rings (SSSR count). The highest BCUT2D eigenvalue weighted by Gasteiger charge is 2.35. The summed E-state index contributed by atoms with van der Waals surface area (Å²) in [5.74, 6) is 1.52. The zero-order chi connectivity index (χ0) is 20.4. The molecule has 1 atom stereocenters. The van der Waals surface area contributed by atoms with E-state index in [9.17, 15) is 4.79 Å². The number of nitrogens with zero attached hydrogens (tertiary/aromatic N) is 3. The molecule has 0 amide bonds. The minimum atomic E-state index is -0.571. The second-order valence-electron chi connectivity index (χ2n) is 6.51. The SMILES string of the molecule is COc1cc([C@@H]2C(C(=O)OC(C)C)=C(C)Nc3ncnn32)cc(OC)c1OC. The van der Waals surface area contributed by atoms with E-state index < -0.39 is 12.0 Å². The number of ether oxygens (including phenoxy) is 4. The van der Waals surface area contributed by atoms with Crippen molar-refractivity contribution in [2.45, 2.75) is 32.9 Å². The number of esters is 1. The molecule has 9 heteroatoms. The Kier molecular flexibility index (Phi) is 5.43. The number of carbonyl (C=O) groups excluding carboxylic acids is 1. The van der Waals surface area contributed by atoms with E-state index in [1.165, 1.54) is 13.4 Å². The third-order valence-electron chi connectivity index (χ3n) is 4.36. The molecule has 0 radical (unpaired) electrons. The van der Waals surface area contributed by atoms with Crippen LogP contribution in [0.5, 0.6) is 17.2 Å². The van der Waals surface area contributed by atoms with Crippen LogP contribution in [0, 0.1) is 0 Å². The first-order valence-corrected chi connectivity index (χ1v) is 8.79. The number of nitrogens with one attached hydrogen (secondary N) is 1. The molecule has 0 aliphatic carbocycles. The predicted octanol–water partition coefficient (Wildman–Crippen LogP) is 2.54. The lowest BCUT2D eigenvalue weighted by Gasteiger charge is -2.29. The quantitative estimate of drug-likeness (QED) is 0.754. The van der Waals surface area contributed by atoms with Gasteiger partial charge in [0.25, 0.3) is 0 Å². The molecule has 9 nitrogen and oxygen atoms in total. The van der Waals surface area contributed by atoms with Gasteiger partial charge in [0, 0.05) is 5.70 Å². The Morgan fingerprint density at radius 1 is 1.14 bits per heavy atom. The summed E-state index contributed by atoms with van der Waals surface area (Å²) in [6, 6.07) is 3.01. The molecule has 2 aromatic rings. The Labute approximate surface area is 163 Å². The van der Waals surface area contributed by atoms with Crippen LogP contribution in [0.4, 0.5) is 5.95 Å². The van der Waals surface area contributed by atoms with Crippen LogP contribution in [0.1, 0.15) is 32.4 Å². The fourth-order valence-electron chi connectivity index (χ4n) is 3.20. The Morgan fingerprint density at radius 3 is 2.32 bits per heavy atom. The number of methoxy groups -OCH3 is 3. The number of anilines is 1. The van der Waals surface area contributed by atoms with Crippen molar-refractivity contribution in [2.75, 3.05) is 26.6 Å². The number of carbonyl (C=O) groups is 1. The Hall–Kier alpha value is -3.23. The summed E-state index contributed by atoms with van der Waals surface area (Å²) < 4.78 is 23.4. The fraction of sp³-hybridized carbons (Fsp3) is 0.421. The van der Waals surface area contributed by atoms with Gasteiger partial charge in [-0.2, -0.15) is 10.1 Å². The first-order valence-electron chi connectivity index (χ1n) is 8.79. The third kappa shape index (κ3) is 3.35. The molecule has 0 spiro atoms. The van der Waals surface area contributed by atoms with Crippen LogP contribution in [-0.4, -0.2) is 48.2 Å². The lowest BCUT2D eigenvalue weighted by molar-refractivity contribution is -0.143. The summed E-state index contributed by atoms with van der Waals surface area (Å²) >= 11 is 0. The molecule has 1 aliphatic heterocycles. The van der Waals surface area contributed by atoms with Gasteiger partial charge in [-0.15, -0.1) is 0 Å². The van der Waals surface area contributed by atoms with E-state index in [-0.39, 0.29) is 6.10 Å². The maximum atomic E-state index is 12.9. The third-order valence-corrected chi connectivity index (χ3v) is 4.36. The number of rotatable bonds is 6. The van der Waals surface area contributed by atoms with Crippen LogP contribution in [0.2, 0.25) is 0 Å². The van der Waals surface area contributed by atoms with Crippen molar-refractivity contribution >= 4 is 11.9 Å². The molecule has 1 N–H and O–H groups in total. The zero-order valence-electron chi connectivity index (χ0n) is 16.8. The lowest BCUT2D eigenvalue weighted by Crippen LogP contribution is -2.30. The average Bonchev–Trinajstić information content (AvgIpc) is 3.12. The summed E-state index contributed by atoms with van der Waals surface area (Å²) in [5, 5.41) is 7.41. The summed E-state index contributed by atoms with van der Waals surface area (Å²) in [4.78, 5) is 17.1. The van der Waals surface area contributed by atoms with Gasteiger partial charge in [0.1, 0.15) is 12.4 Å². The van der Waals surface area contributed by atoms with Crippen molar-refractivity contribution in [1.29, 1.82) is 0 Å². The van der Waals surface area contributed by atoms with E-state index in [1.54, 1.807) is 51.8 Å². The minimum Gasteiger partial charge on any atom is -0.493 e. The summed E-state index contributed by atoms with van der Waals surface area (Å²) in [6.07, 6.45) is 1.17. The number of aromatic nitrogens is 3. The molecule has 1 aliphatic rings. The highest BCUT2D eigenvalue weighted by Crippen LogP contribution is 2.43. The van der Waals surface area contributed by atoms with Gasteiger partial charge in [0.2, 0.25) is 11.7 Å². The summed E-state index contributed by atoms with van der Waals surface area (Å²) in [6.45, 7) is 5.42. The van der Waals surface area contributed by atoms with Gasteiger partial charge < -0.3 is 24.3 Å². The molecule has 0 saturated carbocycles. The van der Waals surface area contributed by atoms with E-state index in [2.05, 4.69) is 15.4 Å². The van der Waals surface area contributed by atoms with Crippen LogP contribution >= 0.6 is 0 Å². The van der Waals surface area contributed by atoms with Crippen molar-refractivity contribution in [1.82, 2.24) is 14.8 Å². The predicted molar refractivity (Wildman–Crippen MR) is 102 cm³/mol. The van der Waals surface area contributed by atoms with Gasteiger partial charge in [-0.3, -0.25) is 0 Å². The average molecular weight is 388 g/mol. The molecule has 150 valence electrons. The zero-order valence-corrected chi connectivity index (χ0v) is 16.8. The molecule has 1 aromatic carbocycles. The summed E-state index contributed by atoms with van der Waals surface area (Å²) in [5.41, 5.74) is 1.80. The molecule has 0 saturated heterocycles. The number of allylic oxidation sites excluding steroid dienone is 1. The number of hydrogen-bond donors (Lipinski definition) is 1. The van der Waals surface area contributed by atoms with E-state index in [0.717, 1.165) is 5.56 Å². The highest BCUT2D eigenvalue weighted by molar-refractivity contribution is 5.92. The minimum absolute atomic E-state index is 0.259. The Balaban J connectivity index is 2.20. The van der Waals surface area contributed by atoms with Crippen molar-refractivity contribution in [3.8, 4) is 17.2 Å². The van der Waals surface area contributed by atoms with E-state index >= 15 is 0 Å². The lowest BCUT2D eigenvalue weighted by atomic mass is 9.95. The number of hydrogen-bond acceptors (Lipinski definition) is 8. The fourth-order valence-corrected chi connectivity index (χ4v) is 3.20. The van der Waals surface area contributed by atoms with Crippen molar-refractivity contribution in [3.05, 3.63) is 35.3 Å². The maximum Gasteiger partial charge on any atom is 0.338 e. The normalized spacial score (nSPS) is 15.8. The molecule has 0 bridgehead atoms. The molecular formula is C19H24N4O5. The number of fused-ring (bicyclic) bond motifs is 1. The maximum absolute atomic E-state index is 12.9. The van der Waals surface area contributed by atoms with Crippen LogP contribution in [0.25, 0.3) is 0 Å². The van der Waals surface area contributed by atoms with Gasteiger partial charge in [-0.1, -0.05) is 0 Å². The summed E-state index contributed by atoms with van der Waals surface area (Å²) in [7, 11) is 4.62. The van der Waals surface area contributed by atoms with E-state index in [0.29, 0.717) is 34.5 Å². The number of benzene rings is 1. The molecular weight excluding hydrogens is 364 g/mol. The topological polar surface area (TPSA) is 96.7 Å². The van der Waals surface area contributed by atoms with Gasteiger partial charge in [-0.05, 0) is 38.5 Å². The van der Waals surface area contributed by atoms with Crippen LogP contribution in [-0.2, 0) is 9.53 Å². The van der Waals surface area contributed by atoms with Crippen molar-refractivity contribution in [2.24, 2.45) is 0 Å². The van der Waals surface area contributed by atoms with Crippen LogP contribution in [0.3, 0.4) is 0 Å². The van der Waals surface area contributed by atoms with Gasteiger partial charge in [-0.25, -0.2) is 9.48 Å². The van der Waals surface area contributed by atoms with Crippen molar-refractivity contribution < 1.29 is 23.7 Å².